The molecule has 0 aromatic carbocycles. The Hall–Kier alpha value is -0.940. The van der Waals surface area contributed by atoms with Crippen LogP contribution in [0.2, 0.25) is 0 Å². The first-order chi connectivity index (χ1) is 6.70. The van der Waals surface area contributed by atoms with Crippen LogP contribution in [0.5, 0.6) is 0 Å². The monoisotopic (exact) mass is 197 g/mol. The van der Waals surface area contributed by atoms with Gasteiger partial charge in [-0.05, 0) is 13.3 Å². The highest BCUT2D eigenvalue weighted by molar-refractivity contribution is 4.95. The molecule has 0 spiro atoms. The van der Waals surface area contributed by atoms with E-state index < -0.39 is 6.10 Å². The Kier molecular flexibility index (Phi) is 2.52. The molecule has 0 bridgehead atoms. The van der Waals surface area contributed by atoms with Crippen molar-refractivity contribution in [1.82, 2.24) is 14.8 Å². The molecule has 1 aliphatic heterocycles. The Labute approximate surface area is 82.7 Å². The van der Waals surface area contributed by atoms with Crippen molar-refractivity contribution in [3.8, 4) is 0 Å². The highest BCUT2D eigenvalue weighted by atomic mass is 16.5. The van der Waals surface area contributed by atoms with E-state index in [-0.39, 0.29) is 12.0 Å². The summed E-state index contributed by atoms with van der Waals surface area (Å²) in [5.74, 6) is 0.755. The van der Waals surface area contributed by atoms with E-state index in [4.69, 9.17) is 4.74 Å². The second-order valence-corrected chi connectivity index (χ2v) is 3.77. The average Bonchev–Trinajstić information content (AvgIpc) is 2.73. The van der Waals surface area contributed by atoms with Gasteiger partial charge in [0.05, 0.1) is 6.10 Å². The van der Waals surface area contributed by atoms with Crippen molar-refractivity contribution in [3.05, 3.63) is 12.2 Å². The summed E-state index contributed by atoms with van der Waals surface area (Å²) in [7, 11) is 1.83. The fraction of sp³-hybridized carbons (Fsp3) is 0.778. The molecule has 78 valence electrons. The lowest BCUT2D eigenvalue weighted by molar-refractivity contribution is 0.0373. The number of aromatic nitrogens is 3. The minimum atomic E-state index is -0.569. The van der Waals surface area contributed by atoms with Crippen molar-refractivity contribution in [2.75, 3.05) is 6.61 Å². The van der Waals surface area contributed by atoms with Gasteiger partial charge in [-0.15, -0.1) is 10.2 Å². The minimum absolute atomic E-state index is 0.0988. The third kappa shape index (κ3) is 1.53. The largest absolute Gasteiger partial charge is 0.385 e. The highest BCUT2D eigenvalue weighted by Crippen LogP contribution is 2.31. The van der Waals surface area contributed by atoms with Crippen LogP contribution >= 0.6 is 0 Å². The molecule has 3 unspecified atom stereocenters. The first-order valence-electron chi connectivity index (χ1n) is 4.83. The lowest BCUT2D eigenvalue weighted by Gasteiger charge is -2.19. The van der Waals surface area contributed by atoms with E-state index in [1.807, 2.05) is 14.0 Å². The molecule has 2 heterocycles. The summed E-state index contributed by atoms with van der Waals surface area (Å²) in [6.07, 6.45) is 2.01. The third-order valence-electron chi connectivity index (χ3n) is 2.85. The first kappa shape index (κ1) is 9.61. The van der Waals surface area contributed by atoms with Crippen LogP contribution < -0.4 is 0 Å². The van der Waals surface area contributed by atoms with Crippen LogP contribution in [0.4, 0.5) is 0 Å². The minimum Gasteiger partial charge on any atom is -0.385 e. The fourth-order valence-corrected chi connectivity index (χ4v) is 1.91. The predicted molar refractivity (Wildman–Crippen MR) is 49.5 cm³/mol. The third-order valence-corrected chi connectivity index (χ3v) is 2.85. The molecule has 1 aliphatic rings. The molecular formula is C9H15N3O2. The molecule has 0 saturated carbocycles. The van der Waals surface area contributed by atoms with Crippen LogP contribution in [0.25, 0.3) is 0 Å². The summed E-state index contributed by atoms with van der Waals surface area (Å²) in [6.45, 7) is 2.71. The molecule has 5 heteroatoms. The molecule has 1 aromatic heterocycles. The van der Waals surface area contributed by atoms with Gasteiger partial charge in [-0.3, -0.25) is 0 Å². The zero-order valence-corrected chi connectivity index (χ0v) is 8.42. The maximum atomic E-state index is 10.1. The van der Waals surface area contributed by atoms with Crippen molar-refractivity contribution in [3.63, 3.8) is 0 Å². The first-order valence-corrected chi connectivity index (χ1v) is 4.83. The Morgan fingerprint density at radius 1 is 1.71 bits per heavy atom. The zero-order chi connectivity index (χ0) is 10.1. The number of ether oxygens (including phenoxy) is 1. The Morgan fingerprint density at radius 3 is 3.00 bits per heavy atom. The zero-order valence-electron chi connectivity index (χ0n) is 8.42. The van der Waals surface area contributed by atoms with Gasteiger partial charge < -0.3 is 14.4 Å². The van der Waals surface area contributed by atoms with E-state index in [1.54, 1.807) is 10.9 Å². The summed E-state index contributed by atoms with van der Waals surface area (Å²) in [6, 6.07) is 0. The van der Waals surface area contributed by atoms with Crippen LogP contribution in [0, 0.1) is 5.92 Å². The van der Waals surface area contributed by atoms with E-state index >= 15 is 0 Å². The topological polar surface area (TPSA) is 60.2 Å². The van der Waals surface area contributed by atoms with Crippen LogP contribution in [-0.4, -0.2) is 32.6 Å². The van der Waals surface area contributed by atoms with E-state index in [1.165, 1.54) is 0 Å². The van der Waals surface area contributed by atoms with E-state index in [9.17, 15) is 5.11 Å². The van der Waals surface area contributed by atoms with Gasteiger partial charge in [0, 0.05) is 19.6 Å². The quantitative estimate of drug-likeness (QED) is 0.739. The lowest BCUT2D eigenvalue weighted by atomic mass is 9.95. The van der Waals surface area contributed by atoms with Crippen LogP contribution in [-0.2, 0) is 11.8 Å². The van der Waals surface area contributed by atoms with E-state index in [0.717, 1.165) is 13.0 Å². The maximum absolute atomic E-state index is 10.1. The number of aryl methyl sites for hydroxylation is 1. The molecule has 0 radical (unpaired) electrons. The molecule has 3 atom stereocenters. The molecule has 1 saturated heterocycles. The van der Waals surface area contributed by atoms with Crippen molar-refractivity contribution in [1.29, 1.82) is 0 Å². The molecule has 0 aliphatic carbocycles. The smallest absolute Gasteiger partial charge is 0.161 e. The van der Waals surface area contributed by atoms with Crippen molar-refractivity contribution in [2.45, 2.75) is 25.6 Å². The fourth-order valence-electron chi connectivity index (χ4n) is 1.91. The Morgan fingerprint density at radius 2 is 2.50 bits per heavy atom. The van der Waals surface area contributed by atoms with Gasteiger partial charge in [-0.25, -0.2) is 0 Å². The maximum Gasteiger partial charge on any atom is 0.161 e. The van der Waals surface area contributed by atoms with Crippen LogP contribution in [0.15, 0.2) is 6.33 Å². The molecule has 1 fully saturated rings. The second kappa shape index (κ2) is 3.67. The molecule has 5 nitrogen and oxygen atoms in total. The second-order valence-electron chi connectivity index (χ2n) is 3.77. The molecule has 0 amide bonds. The van der Waals surface area contributed by atoms with Crippen LogP contribution in [0.3, 0.4) is 0 Å². The van der Waals surface area contributed by atoms with Crippen molar-refractivity contribution < 1.29 is 9.84 Å². The average molecular weight is 197 g/mol. The van der Waals surface area contributed by atoms with Crippen molar-refractivity contribution >= 4 is 0 Å². The predicted octanol–water partition coefficient (Wildman–Crippen LogP) is 0.273. The summed E-state index contributed by atoms with van der Waals surface area (Å²) >= 11 is 0. The number of rotatable bonds is 2. The van der Waals surface area contributed by atoms with Gasteiger partial charge in [-0.1, -0.05) is 0 Å². The van der Waals surface area contributed by atoms with Gasteiger partial charge in [0.2, 0.25) is 0 Å². The highest BCUT2D eigenvalue weighted by Gasteiger charge is 2.33. The molecule has 14 heavy (non-hydrogen) atoms. The van der Waals surface area contributed by atoms with E-state index in [2.05, 4.69) is 10.2 Å². The molecule has 2 rings (SSSR count). The van der Waals surface area contributed by atoms with Gasteiger partial charge in [0.1, 0.15) is 12.4 Å². The summed E-state index contributed by atoms with van der Waals surface area (Å²) in [5.41, 5.74) is 0. The number of aliphatic hydroxyl groups is 1. The number of nitrogens with zero attached hydrogens (tertiary/aromatic N) is 3. The molecule has 1 aromatic rings. The van der Waals surface area contributed by atoms with Gasteiger partial charge in [-0.2, -0.15) is 0 Å². The standard InChI is InChI=1S/C9H15N3O2/c1-6-7(3-4-14-6)8(13)9-11-10-5-12(9)2/h5-8,13H,3-4H2,1-2H3. The van der Waals surface area contributed by atoms with Gasteiger partial charge in [0.25, 0.3) is 0 Å². The van der Waals surface area contributed by atoms with Crippen molar-refractivity contribution in [2.24, 2.45) is 13.0 Å². The van der Waals surface area contributed by atoms with Gasteiger partial charge in [0.15, 0.2) is 5.82 Å². The van der Waals surface area contributed by atoms with Gasteiger partial charge >= 0.3 is 0 Å². The number of aliphatic hydroxyl groups excluding tert-OH is 1. The summed E-state index contributed by atoms with van der Waals surface area (Å²) in [5, 5.41) is 17.7. The summed E-state index contributed by atoms with van der Waals surface area (Å²) < 4.78 is 7.15. The lowest BCUT2D eigenvalue weighted by Crippen LogP contribution is -2.22. The molecular weight excluding hydrogens is 182 g/mol. The summed E-state index contributed by atoms with van der Waals surface area (Å²) in [4.78, 5) is 0. The van der Waals surface area contributed by atoms with Crippen LogP contribution in [0.1, 0.15) is 25.3 Å². The normalized spacial score (nSPS) is 29.4. The Balaban J connectivity index is 2.15. The SMILES string of the molecule is CC1OCCC1C(O)c1nncn1C. The Bertz CT molecular complexity index is 313. The molecule has 1 N–H and O–H groups in total. The van der Waals surface area contributed by atoms with E-state index in [0.29, 0.717) is 5.82 Å². The number of hydrogen-bond donors (Lipinski definition) is 1. The number of hydrogen-bond acceptors (Lipinski definition) is 4.